The Kier molecular flexibility index (Phi) is 3.27. The van der Waals surface area contributed by atoms with E-state index in [9.17, 15) is 13.5 Å². The van der Waals surface area contributed by atoms with Gasteiger partial charge >= 0.3 is 0 Å². The van der Waals surface area contributed by atoms with Crippen LogP contribution in [-0.2, 0) is 10.0 Å². The van der Waals surface area contributed by atoms with Gasteiger partial charge in [0.05, 0.1) is 4.90 Å². The minimum atomic E-state index is -3.44. The van der Waals surface area contributed by atoms with Crippen molar-refractivity contribution in [3.05, 3.63) is 24.3 Å². The Morgan fingerprint density at radius 3 is 2.47 bits per heavy atom. The zero-order valence-corrected chi connectivity index (χ0v) is 11.6. The fraction of sp³-hybridized carbons (Fsp3) is 0.571. The zero-order valence-electron chi connectivity index (χ0n) is 10.7. The van der Waals surface area contributed by atoms with E-state index in [-0.39, 0.29) is 10.6 Å². The molecule has 1 aromatic rings. The van der Waals surface area contributed by atoms with Crippen molar-refractivity contribution in [2.75, 3.05) is 6.54 Å². The number of aromatic hydroxyl groups is 1. The smallest absolute Gasteiger partial charge is 0.240 e. The van der Waals surface area contributed by atoms with Crippen molar-refractivity contribution in [1.82, 2.24) is 4.72 Å². The molecule has 3 atom stereocenters. The molecule has 0 aliphatic heterocycles. The molecule has 0 aromatic heterocycles. The number of phenols is 1. The molecule has 0 heterocycles. The Labute approximate surface area is 113 Å². The lowest BCUT2D eigenvalue weighted by molar-refractivity contribution is 0.333. The van der Waals surface area contributed by atoms with Gasteiger partial charge in [0.15, 0.2) is 0 Å². The van der Waals surface area contributed by atoms with Gasteiger partial charge in [0.1, 0.15) is 5.75 Å². The molecule has 5 heteroatoms. The fourth-order valence-corrected chi connectivity index (χ4v) is 4.65. The Hall–Kier alpha value is -1.07. The number of fused-ring (bicyclic) bond motifs is 2. The minimum absolute atomic E-state index is 0.0760. The van der Waals surface area contributed by atoms with Gasteiger partial charge in [-0.05, 0) is 61.3 Å². The maximum absolute atomic E-state index is 12.1. The molecule has 104 valence electrons. The highest BCUT2D eigenvalue weighted by atomic mass is 32.2. The van der Waals surface area contributed by atoms with Crippen LogP contribution in [0.2, 0.25) is 0 Å². The molecule has 19 heavy (non-hydrogen) atoms. The molecule has 0 amide bonds. The predicted molar refractivity (Wildman–Crippen MR) is 72.2 cm³/mol. The lowest BCUT2D eigenvalue weighted by Gasteiger charge is -2.21. The first-order chi connectivity index (χ1) is 9.04. The van der Waals surface area contributed by atoms with Gasteiger partial charge in [-0.15, -0.1) is 0 Å². The lowest BCUT2D eigenvalue weighted by Crippen LogP contribution is -2.31. The van der Waals surface area contributed by atoms with Gasteiger partial charge in [-0.3, -0.25) is 0 Å². The molecule has 2 bridgehead atoms. The number of hydrogen-bond donors (Lipinski definition) is 2. The number of benzene rings is 1. The van der Waals surface area contributed by atoms with Gasteiger partial charge in [-0.1, -0.05) is 6.42 Å². The van der Waals surface area contributed by atoms with E-state index in [1.807, 2.05) is 0 Å². The summed E-state index contributed by atoms with van der Waals surface area (Å²) >= 11 is 0. The summed E-state index contributed by atoms with van der Waals surface area (Å²) in [6.45, 7) is 0.546. The molecule has 4 nitrogen and oxygen atoms in total. The summed E-state index contributed by atoms with van der Waals surface area (Å²) in [5, 5.41) is 9.18. The van der Waals surface area contributed by atoms with Crippen LogP contribution in [0.5, 0.6) is 5.75 Å². The molecule has 2 fully saturated rings. The van der Waals surface area contributed by atoms with Crippen molar-refractivity contribution in [3.8, 4) is 5.75 Å². The Morgan fingerprint density at radius 2 is 1.89 bits per heavy atom. The van der Waals surface area contributed by atoms with E-state index in [1.54, 1.807) is 0 Å². The normalized spacial score (nSPS) is 29.8. The third-order valence-corrected chi connectivity index (χ3v) is 6.01. The molecule has 1 aromatic carbocycles. The van der Waals surface area contributed by atoms with Crippen molar-refractivity contribution in [3.63, 3.8) is 0 Å². The van der Waals surface area contributed by atoms with E-state index in [2.05, 4.69) is 4.72 Å². The van der Waals surface area contributed by atoms with Crippen LogP contribution in [0, 0.1) is 17.8 Å². The van der Waals surface area contributed by atoms with E-state index >= 15 is 0 Å². The Balaban J connectivity index is 1.64. The van der Waals surface area contributed by atoms with Gasteiger partial charge in [-0.25, -0.2) is 13.1 Å². The van der Waals surface area contributed by atoms with Crippen LogP contribution in [0.1, 0.15) is 25.7 Å². The van der Waals surface area contributed by atoms with Crippen molar-refractivity contribution >= 4 is 10.0 Å². The standard InChI is InChI=1S/C14H19NO3S/c16-13-3-5-14(6-4-13)19(17,18)15-9-12-8-10-1-2-11(12)7-10/h3-6,10-12,15-16H,1-2,7-9H2. The third kappa shape index (κ3) is 2.62. The Morgan fingerprint density at radius 1 is 1.16 bits per heavy atom. The van der Waals surface area contributed by atoms with Crippen LogP contribution in [0.15, 0.2) is 29.2 Å². The van der Waals surface area contributed by atoms with E-state index < -0.39 is 10.0 Å². The quantitative estimate of drug-likeness (QED) is 0.888. The van der Waals surface area contributed by atoms with Crippen LogP contribution in [0.3, 0.4) is 0 Å². The molecular formula is C14H19NO3S. The molecule has 0 radical (unpaired) electrons. The molecule has 2 aliphatic carbocycles. The SMILES string of the molecule is O=S(=O)(NCC1CC2CCC1C2)c1ccc(O)cc1. The molecule has 3 unspecified atom stereocenters. The highest BCUT2D eigenvalue weighted by molar-refractivity contribution is 7.89. The average Bonchev–Trinajstić information content (AvgIpc) is 2.99. The summed E-state index contributed by atoms with van der Waals surface area (Å²) in [6.07, 6.45) is 5.04. The first-order valence-corrected chi connectivity index (χ1v) is 8.31. The molecule has 0 saturated heterocycles. The summed E-state index contributed by atoms with van der Waals surface area (Å²) in [7, 11) is -3.44. The molecule has 0 spiro atoms. The van der Waals surface area contributed by atoms with Crippen LogP contribution in [0.4, 0.5) is 0 Å². The van der Waals surface area contributed by atoms with Crippen LogP contribution < -0.4 is 4.72 Å². The highest BCUT2D eigenvalue weighted by Gasteiger charge is 2.39. The van der Waals surface area contributed by atoms with Crippen molar-refractivity contribution in [2.24, 2.45) is 17.8 Å². The van der Waals surface area contributed by atoms with Crippen LogP contribution in [0.25, 0.3) is 0 Å². The maximum atomic E-state index is 12.1. The van der Waals surface area contributed by atoms with Crippen LogP contribution in [-0.4, -0.2) is 20.1 Å². The Bertz CT molecular complexity index is 553. The topological polar surface area (TPSA) is 66.4 Å². The summed E-state index contributed by atoms with van der Waals surface area (Å²) in [6, 6.07) is 5.65. The van der Waals surface area contributed by atoms with Crippen molar-refractivity contribution in [1.29, 1.82) is 0 Å². The van der Waals surface area contributed by atoms with E-state index in [4.69, 9.17) is 0 Å². The van der Waals surface area contributed by atoms with Gasteiger partial charge in [0, 0.05) is 6.54 Å². The van der Waals surface area contributed by atoms with Gasteiger partial charge < -0.3 is 5.11 Å². The second-order valence-corrected chi connectivity index (χ2v) is 7.55. The van der Waals surface area contributed by atoms with E-state index in [1.165, 1.54) is 49.9 Å². The second-order valence-electron chi connectivity index (χ2n) is 5.78. The molecule has 3 rings (SSSR count). The molecular weight excluding hydrogens is 262 g/mol. The fourth-order valence-electron chi connectivity index (χ4n) is 3.55. The van der Waals surface area contributed by atoms with Crippen LogP contribution >= 0.6 is 0 Å². The van der Waals surface area contributed by atoms with Gasteiger partial charge in [0.25, 0.3) is 0 Å². The molecule has 2 N–H and O–H groups in total. The molecule has 2 saturated carbocycles. The number of sulfonamides is 1. The lowest BCUT2D eigenvalue weighted by atomic mass is 9.89. The highest BCUT2D eigenvalue weighted by Crippen LogP contribution is 2.48. The average molecular weight is 281 g/mol. The second kappa shape index (κ2) is 4.80. The van der Waals surface area contributed by atoms with E-state index in [0.717, 1.165) is 5.92 Å². The zero-order chi connectivity index (χ0) is 13.5. The number of hydrogen-bond acceptors (Lipinski definition) is 3. The summed E-state index contributed by atoms with van der Waals surface area (Å²) in [5.41, 5.74) is 0. The summed E-state index contributed by atoms with van der Waals surface area (Å²) < 4.78 is 26.9. The van der Waals surface area contributed by atoms with Gasteiger partial charge in [0.2, 0.25) is 10.0 Å². The predicted octanol–water partition coefficient (Wildman–Crippen LogP) is 2.11. The first kappa shape index (κ1) is 12.9. The number of phenolic OH excluding ortho intramolecular Hbond substituents is 1. The van der Waals surface area contributed by atoms with Gasteiger partial charge in [-0.2, -0.15) is 0 Å². The monoisotopic (exact) mass is 281 g/mol. The van der Waals surface area contributed by atoms with Crippen molar-refractivity contribution < 1.29 is 13.5 Å². The van der Waals surface area contributed by atoms with Crippen molar-refractivity contribution in [2.45, 2.75) is 30.6 Å². The molecule has 2 aliphatic rings. The summed E-state index contributed by atoms with van der Waals surface area (Å²) in [4.78, 5) is 0.216. The van der Waals surface area contributed by atoms with E-state index in [0.29, 0.717) is 18.4 Å². The third-order valence-electron chi connectivity index (χ3n) is 4.57. The minimum Gasteiger partial charge on any atom is -0.508 e. The first-order valence-electron chi connectivity index (χ1n) is 6.83. The largest absolute Gasteiger partial charge is 0.508 e. The maximum Gasteiger partial charge on any atom is 0.240 e. The summed E-state index contributed by atoms with van der Waals surface area (Å²) in [5.74, 6) is 2.12. The number of nitrogens with one attached hydrogen (secondary N) is 1. The number of rotatable bonds is 4.